The molecule has 7 heteroatoms. The topological polar surface area (TPSA) is 76.8 Å². The zero-order valence-electron chi connectivity index (χ0n) is 16.9. The lowest BCUT2D eigenvalue weighted by Gasteiger charge is -2.27. The van der Waals surface area contributed by atoms with E-state index in [0.29, 0.717) is 24.3 Å². The number of nitrogens with zero attached hydrogens (tertiary/aromatic N) is 3. The second kappa shape index (κ2) is 7.75. The SMILES string of the molecule is Cc1nc2c(OC3CCOc4ccccc43)cc(C(=O)N(C)CCO)cc2n1C. The molecule has 2 aromatic carbocycles. The summed E-state index contributed by atoms with van der Waals surface area (Å²) in [6, 6.07) is 11.4. The summed E-state index contributed by atoms with van der Waals surface area (Å²) in [4.78, 5) is 19.0. The van der Waals surface area contributed by atoms with Crippen LogP contribution in [0.15, 0.2) is 36.4 Å². The van der Waals surface area contributed by atoms with Gasteiger partial charge in [0.2, 0.25) is 0 Å². The second-order valence-electron chi connectivity index (χ2n) is 7.29. The highest BCUT2D eigenvalue weighted by molar-refractivity contribution is 5.99. The molecule has 0 aliphatic carbocycles. The first-order valence-electron chi connectivity index (χ1n) is 9.71. The van der Waals surface area contributed by atoms with Crippen LogP contribution in [0.5, 0.6) is 11.5 Å². The fourth-order valence-electron chi connectivity index (χ4n) is 3.64. The minimum absolute atomic E-state index is 0.0858. The van der Waals surface area contributed by atoms with E-state index >= 15 is 0 Å². The summed E-state index contributed by atoms with van der Waals surface area (Å²) in [5.41, 5.74) is 3.07. The molecule has 2 heterocycles. The largest absolute Gasteiger partial charge is 0.493 e. The van der Waals surface area contributed by atoms with Gasteiger partial charge in [0.15, 0.2) is 0 Å². The maximum atomic E-state index is 12.8. The molecule has 1 aromatic heterocycles. The van der Waals surface area contributed by atoms with E-state index in [0.717, 1.165) is 28.2 Å². The van der Waals surface area contributed by atoms with Crippen LogP contribution >= 0.6 is 0 Å². The predicted octanol–water partition coefficient (Wildman–Crippen LogP) is 2.85. The van der Waals surface area contributed by atoms with E-state index in [2.05, 4.69) is 4.98 Å². The number of amides is 1. The molecule has 0 radical (unpaired) electrons. The monoisotopic (exact) mass is 395 g/mol. The molecule has 7 nitrogen and oxygen atoms in total. The van der Waals surface area contributed by atoms with Gasteiger partial charge in [-0.25, -0.2) is 4.98 Å². The van der Waals surface area contributed by atoms with Crippen molar-refractivity contribution in [2.45, 2.75) is 19.4 Å². The van der Waals surface area contributed by atoms with Crippen LogP contribution in [-0.2, 0) is 7.05 Å². The van der Waals surface area contributed by atoms with Crippen molar-refractivity contribution in [3.8, 4) is 11.5 Å². The summed E-state index contributed by atoms with van der Waals surface area (Å²) in [5, 5.41) is 9.17. The summed E-state index contributed by atoms with van der Waals surface area (Å²) in [6.07, 6.45) is 0.540. The third kappa shape index (κ3) is 3.53. The first-order valence-corrected chi connectivity index (χ1v) is 9.71. The molecule has 1 N–H and O–H groups in total. The van der Waals surface area contributed by atoms with Gasteiger partial charge in [0, 0.05) is 38.2 Å². The van der Waals surface area contributed by atoms with E-state index in [1.807, 2.05) is 48.9 Å². The Balaban J connectivity index is 1.77. The number of aliphatic hydroxyl groups excluding tert-OH is 1. The van der Waals surface area contributed by atoms with Gasteiger partial charge < -0.3 is 24.0 Å². The van der Waals surface area contributed by atoms with Crippen LogP contribution in [0.1, 0.15) is 34.3 Å². The molecule has 3 aromatic rings. The van der Waals surface area contributed by atoms with E-state index in [9.17, 15) is 9.90 Å². The second-order valence-corrected chi connectivity index (χ2v) is 7.29. The number of hydrogen-bond acceptors (Lipinski definition) is 5. The summed E-state index contributed by atoms with van der Waals surface area (Å²) < 4.78 is 14.1. The van der Waals surface area contributed by atoms with Crippen molar-refractivity contribution in [1.29, 1.82) is 0 Å². The van der Waals surface area contributed by atoms with Crippen molar-refractivity contribution in [2.24, 2.45) is 7.05 Å². The van der Waals surface area contributed by atoms with Crippen molar-refractivity contribution in [3.05, 3.63) is 53.3 Å². The van der Waals surface area contributed by atoms with Crippen molar-refractivity contribution in [3.63, 3.8) is 0 Å². The minimum Gasteiger partial charge on any atom is -0.493 e. The highest BCUT2D eigenvalue weighted by atomic mass is 16.5. The van der Waals surface area contributed by atoms with Crippen LogP contribution in [0.3, 0.4) is 0 Å². The van der Waals surface area contributed by atoms with E-state index in [1.165, 1.54) is 4.90 Å². The number of carbonyl (C=O) groups excluding carboxylic acids is 1. The van der Waals surface area contributed by atoms with E-state index in [1.54, 1.807) is 13.1 Å². The Hall–Kier alpha value is -3.06. The predicted molar refractivity (Wildman–Crippen MR) is 109 cm³/mol. The van der Waals surface area contributed by atoms with Gasteiger partial charge in [-0.05, 0) is 25.1 Å². The quantitative estimate of drug-likeness (QED) is 0.719. The number of likely N-dealkylation sites (N-methyl/N-ethyl adjacent to an activating group) is 1. The fraction of sp³-hybridized carbons (Fsp3) is 0.364. The van der Waals surface area contributed by atoms with Crippen molar-refractivity contribution in [2.75, 3.05) is 26.8 Å². The van der Waals surface area contributed by atoms with E-state index in [4.69, 9.17) is 9.47 Å². The van der Waals surface area contributed by atoms with Gasteiger partial charge in [0.1, 0.15) is 28.9 Å². The standard InChI is InChI=1S/C22H25N3O4/c1-14-23-21-17(25(14)3)12-15(22(27)24(2)9-10-26)13-20(21)29-19-8-11-28-18-7-5-4-6-16(18)19/h4-7,12-13,19,26H,8-11H2,1-3H3. The molecule has 0 fully saturated rings. The van der Waals surface area contributed by atoms with E-state index < -0.39 is 0 Å². The number of carbonyl (C=O) groups is 1. The molecule has 29 heavy (non-hydrogen) atoms. The Kier molecular flexibility index (Phi) is 5.15. The molecular weight excluding hydrogens is 370 g/mol. The molecule has 0 saturated heterocycles. The van der Waals surface area contributed by atoms with Gasteiger partial charge in [-0.3, -0.25) is 4.79 Å². The summed E-state index contributed by atoms with van der Waals surface area (Å²) >= 11 is 0. The Morgan fingerprint density at radius 3 is 2.97 bits per heavy atom. The third-order valence-corrected chi connectivity index (χ3v) is 5.38. The maximum absolute atomic E-state index is 12.8. The van der Waals surface area contributed by atoms with Crippen LogP contribution in [0, 0.1) is 6.92 Å². The van der Waals surface area contributed by atoms with Gasteiger partial charge in [-0.2, -0.15) is 0 Å². The summed E-state index contributed by atoms with van der Waals surface area (Å²) in [5.74, 6) is 2.07. The lowest BCUT2D eigenvalue weighted by Crippen LogP contribution is -2.29. The molecule has 0 saturated carbocycles. The summed E-state index contributed by atoms with van der Waals surface area (Å²) in [7, 11) is 3.59. The number of imidazole rings is 1. The van der Waals surface area contributed by atoms with Gasteiger partial charge in [-0.1, -0.05) is 18.2 Å². The first kappa shape index (κ1) is 19.3. The fourth-order valence-corrected chi connectivity index (χ4v) is 3.64. The first-order chi connectivity index (χ1) is 14.0. The lowest BCUT2D eigenvalue weighted by atomic mass is 10.0. The number of rotatable bonds is 5. The number of aryl methyl sites for hydroxylation is 2. The Labute approximate surface area is 169 Å². The third-order valence-electron chi connectivity index (χ3n) is 5.38. The molecule has 1 aliphatic heterocycles. The average Bonchev–Trinajstić information content (AvgIpc) is 3.02. The number of benzene rings is 2. The normalized spacial score (nSPS) is 15.7. The number of fused-ring (bicyclic) bond motifs is 2. The lowest BCUT2D eigenvalue weighted by molar-refractivity contribution is 0.0766. The van der Waals surface area contributed by atoms with Crippen molar-refractivity contribution < 1.29 is 19.4 Å². The number of para-hydroxylation sites is 1. The van der Waals surface area contributed by atoms with Crippen LogP contribution < -0.4 is 9.47 Å². The number of hydrogen-bond donors (Lipinski definition) is 1. The Bertz CT molecular complexity index is 1060. The molecule has 1 aliphatic rings. The molecule has 1 atom stereocenters. The molecule has 4 rings (SSSR count). The molecule has 1 amide bonds. The molecule has 0 bridgehead atoms. The van der Waals surface area contributed by atoms with Crippen molar-refractivity contribution >= 4 is 16.9 Å². The molecule has 152 valence electrons. The number of aliphatic hydroxyl groups is 1. The Morgan fingerprint density at radius 2 is 2.17 bits per heavy atom. The maximum Gasteiger partial charge on any atom is 0.253 e. The minimum atomic E-state index is -0.175. The van der Waals surface area contributed by atoms with Gasteiger partial charge >= 0.3 is 0 Å². The highest BCUT2D eigenvalue weighted by Crippen LogP contribution is 2.37. The molecule has 1 unspecified atom stereocenters. The summed E-state index contributed by atoms with van der Waals surface area (Å²) in [6.45, 7) is 2.68. The van der Waals surface area contributed by atoms with Crippen molar-refractivity contribution in [1.82, 2.24) is 14.5 Å². The van der Waals surface area contributed by atoms with Crippen LogP contribution in [0.25, 0.3) is 11.0 Å². The van der Waals surface area contributed by atoms with Crippen LogP contribution in [0.4, 0.5) is 0 Å². The highest BCUT2D eigenvalue weighted by Gasteiger charge is 2.25. The Morgan fingerprint density at radius 1 is 1.38 bits per heavy atom. The zero-order valence-corrected chi connectivity index (χ0v) is 16.9. The van der Waals surface area contributed by atoms with Gasteiger partial charge in [0.05, 0.1) is 18.7 Å². The van der Waals surface area contributed by atoms with E-state index in [-0.39, 0.29) is 25.2 Å². The van der Waals surface area contributed by atoms with Gasteiger partial charge in [-0.15, -0.1) is 0 Å². The van der Waals surface area contributed by atoms with Crippen LogP contribution in [-0.4, -0.2) is 52.3 Å². The zero-order chi connectivity index (χ0) is 20.5. The molecule has 0 spiro atoms. The van der Waals surface area contributed by atoms with Gasteiger partial charge in [0.25, 0.3) is 5.91 Å². The number of aromatic nitrogens is 2. The average molecular weight is 395 g/mol. The smallest absolute Gasteiger partial charge is 0.253 e. The molecular formula is C22H25N3O4. The number of ether oxygens (including phenoxy) is 2. The van der Waals surface area contributed by atoms with Crippen LogP contribution in [0.2, 0.25) is 0 Å².